The molecule has 0 aliphatic heterocycles. The van der Waals surface area contributed by atoms with Gasteiger partial charge in [0.2, 0.25) is 0 Å². The predicted octanol–water partition coefficient (Wildman–Crippen LogP) is 2.80. The first-order valence-corrected chi connectivity index (χ1v) is 6.55. The number of hydrogen-bond donors (Lipinski definition) is 1. The smallest absolute Gasteiger partial charge is 0.128 e. The Balaban J connectivity index is 2.13. The maximum Gasteiger partial charge on any atom is 0.128 e. The summed E-state index contributed by atoms with van der Waals surface area (Å²) in [5.74, 6) is 0.964. The van der Waals surface area contributed by atoms with Gasteiger partial charge in [0.05, 0.1) is 0 Å². The van der Waals surface area contributed by atoms with E-state index in [1.807, 2.05) is 26.2 Å². The molecular formula is C13H17N3S. The normalized spacial score (nSPS) is 12.4. The molecule has 2 rings (SSSR count). The number of aromatic nitrogens is 1. The van der Waals surface area contributed by atoms with Gasteiger partial charge in [0.15, 0.2) is 0 Å². The Hall–Kier alpha value is -1.39. The van der Waals surface area contributed by atoms with Crippen molar-refractivity contribution in [1.82, 2.24) is 4.98 Å². The molecule has 0 aliphatic carbocycles. The lowest BCUT2D eigenvalue weighted by atomic mass is 10.1. The summed E-state index contributed by atoms with van der Waals surface area (Å²) < 4.78 is 0. The monoisotopic (exact) mass is 247 g/mol. The lowest BCUT2D eigenvalue weighted by Gasteiger charge is -2.18. The van der Waals surface area contributed by atoms with E-state index in [1.54, 1.807) is 11.3 Å². The first-order valence-electron chi connectivity index (χ1n) is 5.60. The number of rotatable bonds is 4. The highest BCUT2D eigenvalue weighted by atomic mass is 32.1. The van der Waals surface area contributed by atoms with E-state index >= 15 is 0 Å². The predicted molar refractivity (Wildman–Crippen MR) is 73.3 cm³/mol. The minimum atomic E-state index is 0.0475. The van der Waals surface area contributed by atoms with E-state index in [9.17, 15) is 0 Å². The molecule has 0 amide bonds. The van der Waals surface area contributed by atoms with Crippen LogP contribution >= 0.6 is 11.3 Å². The van der Waals surface area contributed by atoms with Gasteiger partial charge in [-0.3, -0.25) is 0 Å². The molecule has 0 unspecified atom stereocenters. The summed E-state index contributed by atoms with van der Waals surface area (Å²) in [5.41, 5.74) is 8.30. The van der Waals surface area contributed by atoms with E-state index in [0.717, 1.165) is 17.9 Å². The second-order valence-electron chi connectivity index (χ2n) is 4.22. The Morgan fingerprint density at radius 3 is 2.94 bits per heavy atom. The van der Waals surface area contributed by atoms with Crippen LogP contribution in [0, 0.1) is 0 Å². The zero-order valence-corrected chi connectivity index (χ0v) is 10.9. The van der Waals surface area contributed by atoms with Crippen molar-refractivity contribution in [2.75, 3.05) is 11.9 Å². The molecular weight excluding hydrogens is 230 g/mol. The van der Waals surface area contributed by atoms with E-state index < -0.39 is 0 Å². The Morgan fingerprint density at radius 1 is 1.47 bits per heavy atom. The Morgan fingerprint density at radius 2 is 2.29 bits per heavy atom. The van der Waals surface area contributed by atoms with Crippen molar-refractivity contribution in [2.24, 2.45) is 5.73 Å². The van der Waals surface area contributed by atoms with Gasteiger partial charge in [-0.1, -0.05) is 0 Å². The van der Waals surface area contributed by atoms with Crippen molar-refractivity contribution in [1.29, 1.82) is 0 Å². The van der Waals surface area contributed by atoms with Gasteiger partial charge in [-0.15, -0.1) is 0 Å². The van der Waals surface area contributed by atoms with E-state index in [0.29, 0.717) is 0 Å². The third-order valence-electron chi connectivity index (χ3n) is 2.69. The summed E-state index contributed by atoms with van der Waals surface area (Å²) >= 11 is 1.72. The standard InChI is InChI=1S/C13H17N3S/c1-10(14)12-3-5-15-13(7-12)16(2)8-11-4-6-17-9-11/h3-7,9-10H,8,14H2,1-2H3/t10-/m0/s1. The molecule has 0 aliphatic rings. The highest BCUT2D eigenvalue weighted by molar-refractivity contribution is 7.07. The molecule has 90 valence electrons. The molecule has 0 radical (unpaired) electrons. The molecule has 0 saturated carbocycles. The maximum atomic E-state index is 5.87. The molecule has 0 bridgehead atoms. The molecule has 0 saturated heterocycles. The Kier molecular flexibility index (Phi) is 3.76. The molecule has 2 aromatic rings. The second-order valence-corrected chi connectivity index (χ2v) is 5.00. The van der Waals surface area contributed by atoms with Crippen molar-refractivity contribution in [3.63, 3.8) is 0 Å². The van der Waals surface area contributed by atoms with Gasteiger partial charge in [0.1, 0.15) is 5.82 Å². The fraction of sp³-hybridized carbons (Fsp3) is 0.308. The lowest BCUT2D eigenvalue weighted by molar-refractivity contribution is 0.809. The molecule has 0 fully saturated rings. The van der Waals surface area contributed by atoms with Crippen molar-refractivity contribution in [3.8, 4) is 0 Å². The van der Waals surface area contributed by atoms with Gasteiger partial charge in [-0.05, 0) is 47.0 Å². The first-order chi connectivity index (χ1) is 8.16. The fourth-order valence-electron chi connectivity index (χ4n) is 1.66. The van der Waals surface area contributed by atoms with E-state index in [1.165, 1.54) is 5.56 Å². The Labute approximate surface area is 106 Å². The van der Waals surface area contributed by atoms with Crippen LogP contribution in [0.5, 0.6) is 0 Å². The number of thiophene rings is 1. The quantitative estimate of drug-likeness (QED) is 0.903. The molecule has 2 N–H and O–H groups in total. The molecule has 0 aromatic carbocycles. The SMILES string of the molecule is C[C@H](N)c1ccnc(N(C)Cc2ccsc2)c1. The highest BCUT2D eigenvalue weighted by Crippen LogP contribution is 2.18. The Bertz CT molecular complexity index is 465. The van der Waals surface area contributed by atoms with Gasteiger partial charge in [0, 0.05) is 25.8 Å². The number of pyridine rings is 1. The third kappa shape index (κ3) is 3.05. The average Bonchev–Trinajstić information content (AvgIpc) is 2.82. The lowest BCUT2D eigenvalue weighted by Crippen LogP contribution is -2.18. The third-order valence-corrected chi connectivity index (χ3v) is 3.42. The van der Waals surface area contributed by atoms with Crippen LogP contribution in [0.2, 0.25) is 0 Å². The summed E-state index contributed by atoms with van der Waals surface area (Å²) in [5, 5.41) is 4.25. The summed E-state index contributed by atoms with van der Waals surface area (Å²) in [6.45, 7) is 2.86. The van der Waals surface area contributed by atoms with Crippen LogP contribution in [-0.2, 0) is 6.54 Å². The van der Waals surface area contributed by atoms with Crippen molar-refractivity contribution in [2.45, 2.75) is 19.5 Å². The van der Waals surface area contributed by atoms with Crippen LogP contribution in [0.25, 0.3) is 0 Å². The molecule has 2 aromatic heterocycles. The molecule has 1 atom stereocenters. The van der Waals surface area contributed by atoms with E-state index in [4.69, 9.17) is 5.73 Å². The van der Waals surface area contributed by atoms with Crippen LogP contribution in [0.1, 0.15) is 24.1 Å². The number of hydrogen-bond acceptors (Lipinski definition) is 4. The molecule has 4 heteroatoms. The van der Waals surface area contributed by atoms with E-state index in [-0.39, 0.29) is 6.04 Å². The maximum absolute atomic E-state index is 5.87. The van der Waals surface area contributed by atoms with E-state index in [2.05, 4.69) is 32.8 Å². The van der Waals surface area contributed by atoms with Crippen LogP contribution in [0.3, 0.4) is 0 Å². The van der Waals surface area contributed by atoms with Crippen molar-refractivity contribution >= 4 is 17.2 Å². The van der Waals surface area contributed by atoms with Crippen LogP contribution in [-0.4, -0.2) is 12.0 Å². The summed E-state index contributed by atoms with van der Waals surface area (Å²) in [6.07, 6.45) is 1.82. The first kappa shape index (κ1) is 12.1. The minimum Gasteiger partial charge on any atom is -0.355 e. The second kappa shape index (κ2) is 5.29. The highest BCUT2D eigenvalue weighted by Gasteiger charge is 2.06. The van der Waals surface area contributed by atoms with Gasteiger partial charge < -0.3 is 10.6 Å². The van der Waals surface area contributed by atoms with Crippen LogP contribution in [0.15, 0.2) is 35.2 Å². The molecule has 2 heterocycles. The minimum absolute atomic E-state index is 0.0475. The van der Waals surface area contributed by atoms with Crippen LogP contribution < -0.4 is 10.6 Å². The molecule has 0 spiro atoms. The number of nitrogens with two attached hydrogens (primary N) is 1. The zero-order valence-electron chi connectivity index (χ0n) is 10.1. The largest absolute Gasteiger partial charge is 0.355 e. The number of anilines is 1. The van der Waals surface area contributed by atoms with Crippen molar-refractivity contribution in [3.05, 3.63) is 46.3 Å². The summed E-state index contributed by atoms with van der Waals surface area (Å²) in [6, 6.07) is 6.20. The van der Waals surface area contributed by atoms with Gasteiger partial charge in [-0.25, -0.2) is 4.98 Å². The average molecular weight is 247 g/mol. The van der Waals surface area contributed by atoms with Crippen molar-refractivity contribution < 1.29 is 0 Å². The van der Waals surface area contributed by atoms with Crippen LogP contribution in [0.4, 0.5) is 5.82 Å². The number of nitrogens with zero attached hydrogens (tertiary/aromatic N) is 2. The van der Waals surface area contributed by atoms with Gasteiger partial charge >= 0.3 is 0 Å². The summed E-state index contributed by atoms with van der Waals surface area (Å²) in [7, 11) is 2.05. The summed E-state index contributed by atoms with van der Waals surface area (Å²) in [4.78, 5) is 6.51. The van der Waals surface area contributed by atoms with Gasteiger partial charge in [-0.2, -0.15) is 11.3 Å². The molecule has 17 heavy (non-hydrogen) atoms. The zero-order chi connectivity index (χ0) is 12.3. The van der Waals surface area contributed by atoms with Gasteiger partial charge in [0.25, 0.3) is 0 Å². The molecule has 3 nitrogen and oxygen atoms in total. The topological polar surface area (TPSA) is 42.1 Å². The fourth-order valence-corrected chi connectivity index (χ4v) is 2.32.